The number of ether oxygens (including phenoxy) is 1. The van der Waals surface area contributed by atoms with Crippen molar-refractivity contribution in [3.63, 3.8) is 0 Å². The van der Waals surface area contributed by atoms with E-state index in [-0.39, 0.29) is 12.7 Å². The highest BCUT2D eigenvalue weighted by molar-refractivity contribution is 5.01. The Kier molecular flexibility index (Phi) is 2.65. The lowest BCUT2D eigenvalue weighted by atomic mass is 9.99. The molecule has 2 aliphatic heterocycles. The number of aliphatic hydroxyl groups excluding tert-OH is 1. The lowest BCUT2D eigenvalue weighted by Gasteiger charge is -2.19. The lowest BCUT2D eigenvalue weighted by Crippen LogP contribution is -2.22. The SMILES string of the molecule is OCC1CCn2nc(C3CCCO3)nc2C1. The third-order valence-corrected chi connectivity index (χ3v) is 3.46. The summed E-state index contributed by atoms with van der Waals surface area (Å²) in [7, 11) is 0. The third-order valence-electron chi connectivity index (χ3n) is 3.46. The van der Waals surface area contributed by atoms with Gasteiger partial charge >= 0.3 is 0 Å². The fourth-order valence-electron chi connectivity index (χ4n) is 2.46. The van der Waals surface area contributed by atoms with E-state index in [4.69, 9.17) is 9.84 Å². The molecule has 5 nitrogen and oxygen atoms in total. The number of hydrogen-bond acceptors (Lipinski definition) is 4. The minimum absolute atomic E-state index is 0.102. The summed E-state index contributed by atoms with van der Waals surface area (Å²) >= 11 is 0. The second-order valence-electron chi connectivity index (χ2n) is 4.65. The van der Waals surface area contributed by atoms with Gasteiger partial charge in [-0.3, -0.25) is 0 Å². The molecule has 0 saturated carbocycles. The molecule has 0 bridgehead atoms. The molecule has 1 aromatic rings. The monoisotopic (exact) mass is 223 g/mol. The second-order valence-corrected chi connectivity index (χ2v) is 4.65. The second kappa shape index (κ2) is 4.14. The van der Waals surface area contributed by atoms with Crippen LogP contribution in [-0.4, -0.2) is 33.1 Å². The first-order chi connectivity index (χ1) is 7.86. The molecule has 3 rings (SSSR count). The number of aryl methyl sites for hydroxylation is 1. The number of nitrogens with zero attached hydrogens (tertiary/aromatic N) is 3. The topological polar surface area (TPSA) is 60.2 Å². The van der Waals surface area contributed by atoms with Gasteiger partial charge in [-0.1, -0.05) is 0 Å². The highest BCUT2D eigenvalue weighted by Crippen LogP contribution is 2.27. The summed E-state index contributed by atoms with van der Waals surface area (Å²) < 4.78 is 7.56. The highest BCUT2D eigenvalue weighted by Gasteiger charge is 2.26. The lowest BCUT2D eigenvalue weighted by molar-refractivity contribution is 0.105. The van der Waals surface area contributed by atoms with Crippen LogP contribution in [0.2, 0.25) is 0 Å². The first-order valence-corrected chi connectivity index (χ1v) is 6.03. The summed E-state index contributed by atoms with van der Waals surface area (Å²) in [5, 5.41) is 13.7. The Morgan fingerprint density at radius 2 is 2.38 bits per heavy atom. The molecule has 1 N–H and O–H groups in total. The molecule has 5 heteroatoms. The molecule has 1 aromatic heterocycles. The standard InChI is InChI=1S/C11H17N3O2/c15-7-8-3-4-14-10(6-8)12-11(13-14)9-2-1-5-16-9/h8-9,15H,1-7H2. The Morgan fingerprint density at radius 1 is 1.44 bits per heavy atom. The van der Waals surface area contributed by atoms with E-state index < -0.39 is 0 Å². The fraction of sp³-hybridized carbons (Fsp3) is 0.818. The molecule has 0 aromatic carbocycles. The van der Waals surface area contributed by atoms with Crippen molar-refractivity contribution < 1.29 is 9.84 Å². The van der Waals surface area contributed by atoms with Gasteiger partial charge in [0.15, 0.2) is 5.82 Å². The number of aromatic nitrogens is 3. The predicted molar refractivity (Wildman–Crippen MR) is 56.8 cm³/mol. The molecule has 3 heterocycles. The third kappa shape index (κ3) is 1.74. The summed E-state index contributed by atoms with van der Waals surface area (Å²) in [4.78, 5) is 4.55. The van der Waals surface area contributed by atoms with E-state index in [2.05, 4.69) is 10.1 Å². The van der Waals surface area contributed by atoms with Crippen LogP contribution < -0.4 is 0 Å². The Balaban J connectivity index is 1.80. The molecule has 88 valence electrons. The van der Waals surface area contributed by atoms with Gasteiger partial charge in [0, 0.05) is 26.2 Å². The van der Waals surface area contributed by atoms with Gasteiger partial charge < -0.3 is 9.84 Å². The van der Waals surface area contributed by atoms with E-state index in [0.29, 0.717) is 5.92 Å². The van der Waals surface area contributed by atoms with E-state index in [9.17, 15) is 0 Å². The normalized spacial score (nSPS) is 29.3. The summed E-state index contributed by atoms with van der Waals surface area (Å²) in [5.41, 5.74) is 0. The Labute approximate surface area is 94.4 Å². The maximum Gasteiger partial charge on any atom is 0.179 e. The van der Waals surface area contributed by atoms with Crippen molar-refractivity contribution in [2.75, 3.05) is 13.2 Å². The van der Waals surface area contributed by atoms with Crippen LogP contribution in [-0.2, 0) is 17.7 Å². The average molecular weight is 223 g/mol. The first kappa shape index (κ1) is 10.2. The van der Waals surface area contributed by atoms with Crippen molar-refractivity contribution in [2.45, 2.75) is 38.3 Å². The van der Waals surface area contributed by atoms with Crippen LogP contribution in [0.15, 0.2) is 0 Å². The Morgan fingerprint density at radius 3 is 3.12 bits per heavy atom. The van der Waals surface area contributed by atoms with Gasteiger partial charge in [0.05, 0.1) is 0 Å². The minimum atomic E-state index is 0.102. The fourth-order valence-corrected chi connectivity index (χ4v) is 2.46. The Hall–Kier alpha value is -0.940. The minimum Gasteiger partial charge on any atom is -0.396 e. The van der Waals surface area contributed by atoms with Crippen LogP contribution in [0.3, 0.4) is 0 Å². The Bertz CT molecular complexity index is 371. The smallest absolute Gasteiger partial charge is 0.179 e. The quantitative estimate of drug-likeness (QED) is 0.801. The molecule has 0 aliphatic carbocycles. The molecule has 2 aliphatic rings. The van der Waals surface area contributed by atoms with Gasteiger partial charge in [0.2, 0.25) is 0 Å². The maximum absolute atomic E-state index is 9.15. The highest BCUT2D eigenvalue weighted by atomic mass is 16.5. The average Bonchev–Trinajstić information content (AvgIpc) is 2.96. The van der Waals surface area contributed by atoms with Crippen molar-refractivity contribution in [2.24, 2.45) is 5.92 Å². The van der Waals surface area contributed by atoms with Crippen LogP contribution in [0, 0.1) is 5.92 Å². The van der Waals surface area contributed by atoms with Crippen molar-refractivity contribution >= 4 is 0 Å². The number of hydrogen-bond donors (Lipinski definition) is 1. The zero-order valence-electron chi connectivity index (χ0n) is 9.30. The van der Waals surface area contributed by atoms with Crippen LogP contribution in [0.1, 0.15) is 37.0 Å². The van der Waals surface area contributed by atoms with Crippen molar-refractivity contribution in [1.29, 1.82) is 0 Å². The van der Waals surface area contributed by atoms with Gasteiger partial charge in [-0.2, -0.15) is 5.10 Å². The van der Waals surface area contributed by atoms with E-state index in [1.807, 2.05) is 4.68 Å². The van der Waals surface area contributed by atoms with Crippen molar-refractivity contribution in [1.82, 2.24) is 14.8 Å². The zero-order valence-corrected chi connectivity index (χ0v) is 9.30. The van der Waals surface area contributed by atoms with Gasteiger partial charge in [-0.15, -0.1) is 0 Å². The van der Waals surface area contributed by atoms with Gasteiger partial charge in [0.1, 0.15) is 11.9 Å². The largest absolute Gasteiger partial charge is 0.396 e. The summed E-state index contributed by atoms with van der Waals surface area (Å²) in [6.07, 6.45) is 4.08. The molecular weight excluding hydrogens is 206 g/mol. The van der Waals surface area contributed by atoms with Crippen LogP contribution in [0.4, 0.5) is 0 Å². The molecule has 2 unspecified atom stereocenters. The van der Waals surface area contributed by atoms with Crippen molar-refractivity contribution in [3.8, 4) is 0 Å². The van der Waals surface area contributed by atoms with Gasteiger partial charge in [-0.05, 0) is 25.2 Å². The number of rotatable bonds is 2. The summed E-state index contributed by atoms with van der Waals surface area (Å²) in [6, 6.07) is 0. The molecule has 1 saturated heterocycles. The molecular formula is C11H17N3O2. The van der Waals surface area contributed by atoms with E-state index >= 15 is 0 Å². The van der Waals surface area contributed by atoms with Gasteiger partial charge in [0.25, 0.3) is 0 Å². The van der Waals surface area contributed by atoms with Gasteiger partial charge in [-0.25, -0.2) is 9.67 Å². The molecule has 0 spiro atoms. The van der Waals surface area contributed by atoms with Crippen LogP contribution in [0.5, 0.6) is 0 Å². The zero-order chi connectivity index (χ0) is 11.0. The van der Waals surface area contributed by atoms with E-state index in [1.54, 1.807) is 0 Å². The van der Waals surface area contributed by atoms with Crippen LogP contribution in [0.25, 0.3) is 0 Å². The molecule has 0 amide bonds. The molecule has 2 atom stereocenters. The van der Waals surface area contributed by atoms with E-state index in [1.165, 1.54) is 0 Å². The van der Waals surface area contributed by atoms with Crippen molar-refractivity contribution in [3.05, 3.63) is 11.6 Å². The number of fused-ring (bicyclic) bond motifs is 1. The molecule has 0 radical (unpaired) electrons. The predicted octanol–water partition coefficient (Wildman–Crippen LogP) is 0.684. The summed E-state index contributed by atoms with van der Waals surface area (Å²) in [6.45, 7) is 1.95. The van der Waals surface area contributed by atoms with E-state index in [0.717, 1.165) is 50.5 Å². The first-order valence-electron chi connectivity index (χ1n) is 6.03. The van der Waals surface area contributed by atoms with Crippen LogP contribution >= 0.6 is 0 Å². The molecule has 16 heavy (non-hydrogen) atoms. The maximum atomic E-state index is 9.15. The molecule has 1 fully saturated rings. The summed E-state index contributed by atoms with van der Waals surface area (Å²) in [5.74, 6) is 2.20. The number of aliphatic hydroxyl groups is 1.